The van der Waals surface area contributed by atoms with Crippen molar-refractivity contribution in [1.29, 1.82) is 0 Å². The van der Waals surface area contributed by atoms with E-state index in [1.807, 2.05) is 0 Å². The molecule has 0 heterocycles. The molecular formula is C23H16O5. The predicted octanol–water partition coefficient (Wildman–Crippen LogP) is 3.23. The summed E-state index contributed by atoms with van der Waals surface area (Å²) < 4.78 is 0. The maximum Gasteiger partial charge on any atom is 0.190 e. The van der Waals surface area contributed by atoms with Crippen LogP contribution in [0.1, 0.15) is 12.5 Å². The Balaban J connectivity index is 2.23. The summed E-state index contributed by atoms with van der Waals surface area (Å²) in [5, 5.41) is 35.2. The van der Waals surface area contributed by atoms with Gasteiger partial charge >= 0.3 is 0 Å². The molecule has 5 heteroatoms. The molecule has 0 radical (unpaired) electrons. The van der Waals surface area contributed by atoms with Crippen LogP contribution in [0.2, 0.25) is 0 Å². The number of aliphatic hydroxyl groups is 1. The third-order valence-electron chi connectivity index (χ3n) is 5.48. The van der Waals surface area contributed by atoms with Crippen LogP contribution >= 0.6 is 0 Å². The zero-order valence-electron chi connectivity index (χ0n) is 15.0. The van der Waals surface area contributed by atoms with Crippen LogP contribution < -0.4 is 10.9 Å². The normalized spacial score (nSPS) is 13.2. The Labute approximate surface area is 158 Å². The first-order valence-electron chi connectivity index (χ1n) is 9.01. The number of aromatic hydroxyl groups is 2. The van der Waals surface area contributed by atoms with Crippen molar-refractivity contribution in [1.82, 2.24) is 0 Å². The number of fused-ring (bicyclic) bond motifs is 2. The topological polar surface area (TPSA) is 94.8 Å². The van der Waals surface area contributed by atoms with Crippen molar-refractivity contribution in [2.24, 2.45) is 0 Å². The van der Waals surface area contributed by atoms with Gasteiger partial charge in [-0.1, -0.05) is 12.1 Å². The number of hydrogen-bond acceptors (Lipinski definition) is 5. The molecule has 5 aromatic rings. The third-order valence-corrected chi connectivity index (χ3v) is 5.48. The van der Waals surface area contributed by atoms with Gasteiger partial charge in [-0.25, -0.2) is 0 Å². The van der Waals surface area contributed by atoms with E-state index in [0.29, 0.717) is 27.1 Å². The second-order valence-electron chi connectivity index (χ2n) is 7.34. The molecule has 5 nitrogen and oxygen atoms in total. The molecule has 0 amide bonds. The third kappa shape index (κ3) is 2.05. The number of benzene rings is 5. The van der Waals surface area contributed by atoms with E-state index < -0.39 is 6.10 Å². The lowest BCUT2D eigenvalue weighted by Crippen LogP contribution is -2.11. The van der Waals surface area contributed by atoms with Crippen LogP contribution in [0.25, 0.3) is 43.1 Å². The molecule has 5 aromatic carbocycles. The van der Waals surface area contributed by atoms with Gasteiger partial charge in [0.1, 0.15) is 11.5 Å². The van der Waals surface area contributed by atoms with Crippen LogP contribution in [0, 0.1) is 0 Å². The minimum atomic E-state index is -0.672. The second-order valence-corrected chi connectivity index (χ2v) is 7.34. The summed E-state index contributed by atoms with van der Waals surface area (Å²) in [6.07, 6.45) is -0.418. The van der Waals surface area contributed by atoms with E-state index in [2.05, 4.69) is 0 Å². The quantitative estimate of drug-likeness (QED) is 0.327. The molecule has 3 N–H and O–H groups in total. The maximum atomic E-state index is 12.8. The van der Waals surface area contributed by atoms with Crippen molar-refractivity contribution in [3.63, 3.8) is 0 Å². The van der Waals surface area contributed by atoms with Crippen molar-refractivity contribution in [3.05, 3.63) is 68.5 Å². The van der Waals surface area contributed by atoms with Crippen LogP contribution in [-0.2, 0) is 6.42 Å². The summed E-state index contributed by atoms with van der Waals surface area (Å²) in [6, 6.07) is 10.9. The minimum absolute atomic E-state index is 0.0957. The summed E-state index contributed by atoms with van der Waals surface area (Å²) in [7, 11) is 0. The molecule has 0 bridgehead atoms. The first-order chi connectivity index (χ1) is 13.4. The fourth-order valence-corrected chi connectivity index (χ4v) is 4.45. The van der Waals surface area contributed by atoms with Gasteiger partial charge in [-0.3, -0.25) is 9.59 Å². The van der Waals surface area contributed by atoms with Gasteiger partial charge in [-0.05, 0) is 70.8 Å². The Hall–Kier alpha value is -3.44. The van der Waals surface area contributed by atoms with E-state index in [0.717, 1.165) is 10.8 Å². The van der Waals surface area contributed by atoms with Gasteiger partial charge in [0.25, 0.3) is 0 Å². The zero-order chi connectivity index (χ0) is 19.7. The van der Waals surface area contributed by atoms with Gasteiger partial charge in [0.2, 0.25) is 0 Å². The fraction of sp³-hybridized carbons (Fsp3) is 0.130. The SMILES string of the molecule is CC(O)Cc1cc(=O)c2c(O)ccc3c4ccc(O)c5c(=O)ccc(c1c23)c54. The van der Waals surface area contributed by atoms with E-state index >= 15 is 0 Å². The molecule has 0 aromatic heterocycles. The Kier molecular flexibility index (Phi) is 3.30. The van der Waals surface area contributed by atoms with Gasteiger partial charge < -0.3 is 15.3 Å². The van der Waals surface area contributed by atoms with Crippen LogP contribution in [0.15, 0.2) is 52.1 Å². The van der Waals surface area contributed by atoms with Crippen molar-refractivity contribution >= 4 is 43.1 Å². The molecule has 1 atom stereocenters. The average molecular weight is 372 g/mol. The largest absolute Gasteiger partial charge is 0.507 e. The lowest BCUT2D eigenvalue weighted by Gasteiger charge is -2.18. The number of phenols is 2. The smallest absolute Gasteiger partial charge is 0.190 e. The van der Waals surface area contributed by atoms with Crippen molar-refractivity contribution in [2.75, 3.05) is 0 Å². The van der Waals surface area contributed by atoms with Crippen molar-refractivity contribution < 1.29 is 15.3 Å². The van der Waals surface area contributed by atoms with Gasteiger partial charge in [0.05, 0.1) is 16.9 Å². The van der Waals surface area contributed by atoms with E-state index in [-0.39, 0.29) is 39.5 Å². The maximum absolute atomic E-state index is 12.8. The Morgan fingerprint density at radius 2 is 1.29 bits per heavy atom. The van der Waals surface area contributed by atoms with Crippen LogP contribution in [0.4, 0.5) is 0 Å². The molecule has 0 saturated carbocycles. The molecule has 1 unspecified atom stereocenters. The number of aliphatic hydroxyl groups excluding tert-OH is 1. The number of hydrogen-bond donors (Lipinski definition) is 3. The predicted molar refractivity (Wildman–Crippen MR) is 110 cm³/mol. The van der Waals surface area contributed by atoms with Gasteiger partial charge in [0.15, 0.2) is 10.9 Å². The number of phenolic OH excluding ortho intramolecular Hbond substituents is 2. The minimum Gasteiger partial charge on any atom is -0.507 e. The van der Waals surface area contributed by atoms with E-state index in [9.17, 15) is 24.9 Å². The Bertz CT molecular complexity index is 1520. The molecule has 5 rings (SSSR count). The summed E-state index contributed by atoms with van der Waals surface area (Å²) in [6.45, 7) is 1.64. The lowest BCUT2D eigenvalue weighted by atomic mass is 9.86. The molecular weight excluding hydrogens is 356 g/mol. The lowest BCUT2D eigenvalue weighted by molar-refractivity contribution is 0.196. The van der Waals surface area contributed by atoms with Crippen molar-refractivity contribution in [2.45, 2.75) is 19.4 Å². The van der Waals surface area contributed by atoms with E-state index in [1.165, 1.54) is 24.3 Å². The Morgan fingerprint density at radius 1 is 0.714 bits per heavy atom. The van der Waals surface area contributed by atoms with Crippen molar-refractivity contribution in [3.8, 4) is 11.5 Å². The van der Waals surface area contributed by atoms with Gasteiger partial charge in [-0.2, -0.15) is 0 Å². The highest BCUT2D eigenvalue weighted by Crippen LogP contribution is 2.43. The first kappa shape index (κ1) is 16.7. The summed E-state index contributed by atoms with van der Waals surface area (Å²) in [4.78, 5) is 25.3. The molecule has 0 aliphatic carbocycles. The molecule has 138 valence electrons. The summed E-state index contributed by atoms with van der Waals surface area (Å²) in [5.74, 6) is -0.200. The van der Waals surface area contributed by atoms with Crippen LogP contribution in [0.5, 0.6) is 11.5 Å². The average Bonchev–Trinajstić information content (AvgIpc) is 2.63. The zero-order valence-corrected chi connectivity index (χ0v) is 15.0. The van der Waals surface area contributed by atoms with E-state index in [4.69, 9.17) is 0 Å². The highest BCUT2D eigenvalue weighted by atomic mass is 16.3. The molecule has 0 fully saturated rings. The van der Waals surface area contributed by atoms with E-state index in [1.54, 1.807) is 25.1 Å². The molecule has 28 heavy (non-hydrogen) atoms. The highest BCUT2D eigenvalue weighted by molar-refractivity contribution is 6.34. The highest BCUT2D eigenvalue weighted by Gasteiger charge is 2.21. The molecule has 0 aliphatic heterocycles. The fourth-order valence-electron chi connectivity index (χ4n) is 4.45. The monoisotopic (exact) mass is 372 g/mol. The second kappa shape index (κ2) is 5.53. The van der Waals surface area contributed by atoms with Gasteiger partial charge in [-0.15, -0.1) is 0 Å². The van der Waals surface area contributed by atoms with Gasteiger partial charge in [0, 0.05) is 10.8 Å². The molecule has 0 aliphatic rings. The Morgan fingerprint density at radius 3 is 1.93 bits per heavy atom. The molecule has 0 spiro atoms. The standard InChI is InChI=1S/C23H16O5/c1-10(24)8-11-9-18(28)23-17(27)6-3-13-12-2-5-15(25)22-16(26)7-4-14(20(12)22)19(11)21(13)23/h2-7,9-10,24-25,27H,8H2,1H3. The van der Waals surface area contributed by atoms with Crippen LogP contribution in [-0.4, -0.2) is 21.4 Å². The summed E-state index contributed by atoms with van der Waals surface area (Å²) in [5.41, 5.74) is 0.0510. The summed E-state index contributed by atoms with van der Waals surface area (Å²) >= 11 is 0. The first-order valence-corrected chi connectivity index (χ1v) is 9.01. The molecule has 0 saturated heterocycles. The van der Waals surface area contributed by atoms with Crippen LogP contribution in [0.3, 0.4) is 0 Å². The number of rotatable bonds is 2.